The molecule has 2 aromatic carbocycles. The normalized spacial score (nSPS) is 17.5. The van der Waals surface area contributed by atoms with Gasteiger partial charge in [0.2, 0.25) is 0 Å². The summed E-state index contributed by atoms with van der Waals surface area (Å²) < 4.78 is 7.54. The number of halogens is 1. The molecule has 8 heteroatoms. The zero-order valence-electron chi connectivity index (χ0n) is 19.6. The van der Waals surface area contributed by atoms with Crippen LogP contribution in [0.1, 0.15) is 34.7 Å². The van der Waals surface area contributed by atoms with Crippen LogP contribution >= 0.6 is 23.8 Å². The van der Waals surface area contributed by atoms with Crippen molar-refractivity contribution in [1.29, 1.82) is 0 Å². The molecular weight excluding hydrogens is 480 g/mol. The molecule has 35 heavy (non-hydrogen) atoms. The molecule has 5 rings (SSSR count). The third kappa shape index (κ3) is 4.11. The van der Waals surface area contributed by atoms with Crippen LogP contribution in [0.25, 0.3) is 5.69 Å². The summed E-state index contributed by atoms with van der Waals surface area (Å²) in [6.45, 7) is 4.18. The third-order valence-corrected chi connectivity index (χ3v) is 6.96. The molecule has 0 bridgehead atoms. The fourth-order valence-corrected chi connectivity index (χ4v) is 5.34. The Kier molecular flexibility index (Phi) is 6.13. The summed E-state index contributed by atoms with van der Waals surface area (Å²) in [6, 6.07) is 20.5. The fraction of sp³-hybridized carbons (Fsp3) is 0.185. The maximum absolute atomic E-state index is 10.8. The highest BCUT2D eigenvalue weighted by atomic mass is 35.5. The molecule has 2 aromatic heterocycles. The van der Waals surface area contributed by atoms with Crippen LogP contribution in [0.2, 0.25) is 5.02 Å². The first kappa shape index (κ1) is 23.2. The van der Waals surface area contributed by atoms with E-state index in [1.165, 1.54) is 0 Å². The molecule has 0 aliphatic carbocycles. The summed E-state index contributed by atoms with van der Waals surface area (Å²) >= 11 is 12.1. The van der Waals surface area contributed by atoms with Gasteiger partial charge in [-0.1, -0.05) is 17.7 Å². The number of nitrogens with one attached hydrogen (secondary N) is 1. The Morgan fingerprint density at radius 2 is 1.83 bits per heavy atom. The average Bonchev–Trinajstić information content (AvgIpc) is 3.36. The molecule has 1 aliphatic rings. The van der Waals surface area contributed by atoms with Gasteiger partial charge in [0.1, 0.15) is 11.5 Å². The van der Waals surface area contributed by atoms with Gasteiger partial charge in [0.05, 0.1) is 30.6 Å². The number of hydrogen-bond acceptors (Lipinski definition) is 4. The molecule has 6 nitrogen and oxygen atoms in total. The zero-order valence-corrected chi connectivity index (χ0v) is 21.1. The van der Waals surface area contributed by atoms with Gasteiger partial charge in [0.15, 0.2) is 5.11 Å². The highest BCUT2D eigenvalue weighted by Gasteiger charge is 2.43. The lowest BCUT2D eigenvalue weighted by Crippen LogP contribution is -2.29. The molecule has 0 saturated carbocycles. The molecule has 4 aromatic rings. The van der Waals surface area contributed by atoms with Crippen LogP contribution in [-0.2, 0) is 0 Å². The van der Waals surface area contributed by atoms with Crippen molar-refractivity contribution < 1.29 is 9.84 Å². The predicted octanol–water partition coefficient (Wildman–Crippen LogP) is 6.03. The van der Waals surface area contributed by atoms with Crippen LogP contribution in [0, 0.1) is 13.8 Å². The van der Waals surface area contributed by atoms with Crippen molar-refractivity contribution in [3.8, 4) is 17.2 Å². The summed E-state index contributed by atoms with van der Waals surface area (Å²) in [5.74, 6) is 0.911. The van der Waals surface area contributed by atoms with E-state index >= 15 is 0 Å². The lowest BCUT2D eigenvalue weighted by molar-refractivity contribution is 0.414. The van der Waals surface area contributed by atoms with E-state index in [2.05, 4.69) is 34.8 Å². The van der Waals surface area contributed by atoms with Gasteiger partial charge in [-0.05, 0) is 92.3 Å². The molecule has 0 spiro atoms. The minimum atomic E-state index is -0.264. The highest BCUT2D eigenvalue weighted by Crippen LogP contribution is 2.46. The quantitative estimate of drug-likeness (QED) is 0.323. The predicted molar refractivity (Wildman–Crippen MR) is 143 cm³/mol. The van der Waals surface area contributed by atoms with E-state index in [0.29, 0.717) is 15.8 Å². The smallest absolute Gasteiger partial charge is 0.174 e. The van der Waals surface area contributed by atoms with Gasteiger partial charge >= 0.3 is 0 Å². The fourth-order valence-electron chi connectivity index (χ4n) is 4.84. The number of aromatic hydroxyl groups is 1. The Balaban J connectivity index is 1.68. The van der Waals surface area contributed by atoms with E-state index < -0.39 is 0 Å². The average molecular weight is 505 g/mol. The van der Waals surface area contributed by atoms with Crippen molar-refractivity contribution >= 4 is 34.6 Å². The van der Waals surface area contributed by atoms with Crippen LogP contribution in [0.15, 0.2) is 72.9 Å². The number of phenolic OH excluding ortho intramolecular Hbond substituents is 1. The Labute approximate surface area is 214 Å². The summed E-state index contributed by atoms with van der Waals surface area (Å²) in [7, 11) is 1.66. The van der Waals surface area contributed by atoms with Gasteiger partial charge in [-0.2, -0.15) is 0 Å². The SMILES string of the molecule is COc1ccc(-n2c(C)cc([C@H]3[C@@H](c4ccccn4)NC(=S)N3c3cc(Cl)ccc3O)c2C)cc1. The van der Waals surface area contributed by atoms with E-state index in [9.17, 15) is 5.11 Å². The Morgan fingerprint density at radius 3 is 2.51 bits per heavy atom. The van der Waals surface area contributed by atoms with Crippen molar-refractivity contribution in [2.45, 2.75) is 25.9 Å². The number of aromatic nitrogens is 2. The molecule has 0 amide bonds. The van der Waals surface area contributed by atoms with Gasteiger partial charge in [-0.3, -0.25) is 4.98 Å². The Bertz CT molecular complexity index is 1390. The summed E-state index contributed by atoms with van der Waals surface area (Å²) in [6.07, 6.45) is 1.78. The van der Waals surface area contributed by atoms with Crippen molar-refractivity contribution in [3.63, 3.8) is 0 Å². The lowest BCUT2D eigenvalue weighted by Gasteiger charge is -2.28. The molecule has 3 heterocycles. The standard InChI is InChI=1S/C27H25ClN4O2S/c1-16-14-21(17(2)31(16)19-8-10-20(34-3)11-9-19)26-25(22-6-4-5-13-29-22)30-27(35)32(26)23-15-18(28)7-12-24(23)33/h4-15,25-26,33H,1-3H3,(H,30,35)/t25-,26+/m1/s1. The number of phenols is 1. The molecule has 2 atom stereocenters. The number of rotatable bonds is 5. The van der Waals surface area contributed by atoms with Crippen LogP contribution in [-0.4, -0.2) is 26.9 Å². The number of benzene rings is 2. The van der Waals surface area contributed by atoms with Crippen molar-refractivity contribution in [3.05, 3.63) is 101 Å². The highest BCUT2D eigenvalue weighted by molar-refractivity contribution is 7.80. The Morgan fingerprint density at radius 1 is 1.06 bits per heavy atom. The maximum Gasteiger partial charge on any atom is 0.174 e. The number of nitrogens with zero attached hydrogens (tertiary/aromatic N) is 3. The van der Waals surface area contributed by atoms with E-state index in [-0.39, 0.29) is 17.8 Å². The second-order valence-corrected chi connectivity index (χ2v) is 9.31. The minimum Gasteiger partial charge on any atom is -0.506 e. The van der Waals surface area contributed by atoms with Crippen LogP contribution in [0.3, 0.4) is 0 Å². The first-order chi connectivity index (χ1) is 16.9. The van der Waals surface area contributed by atoms with E-state index in [1.54, 1.807) is 31.5 Å². The van der Waals surface area contributed by atoms with E-state index in [4.69, 9.17) is 28.6 Å². The zero-order chi connectivity index (χ0) is 24.7. The topological polar surface area (TPSA) is 62.5 Å². The largest absolute Gasteiger partial charge is 0.506 e. The molecule has 0 unspecified atom stereocenters. The molecular formula is C27H25ClN4O2S. The third-order valence-electron chi connectivity index (χ3n) is 6.41. The van der Waals surface area contributed by atoms with Crippen LogP contribution < -0.4 is 15.0 Å². The van der Waals surface area contributed by atoms with Gasteiger partial charge in [-0.25, -0.2) is 0 Å². The first-order valence-corrected chi connectivity index (χ1v) is 12.0. The van der Waals surface area contributed by atoms with Gasteiger partial charge in [0, 0.05) is 28.3 Å². The second-order valence-electron chi connectivity index (χ2n) is 8.49. The number of hydrogen-bond donors (Lipinski definition) is 2. The molecule has 2 N–H and O–H groups in total. The van der Waals surface area contributed by atoms with Gasteiger partial charge < -0.3 is 24.6 Å². The Hall–Kier alpha value is -3.55. The first-order valence-electron chi connectivity index (χ1n) is 11.2. The molecule has 1 aliphatic heterocycles. The van der Waals surface area contributed by atoms with Crippen LogP contribution in [0.4, 0.5) is 5.69 Å². The van der Waals surface area contributed by atoms with E-state index in [0.717, 1.165) is 34.1 Å². The molecule has 1 saturated heterocycles. The molecule has 0 radical (unpaired) electrons. The van der Waals surface area contributed by atoms with Crippen LogP contribution in [0.5, 0.6) is 11.5 Å². The molecule has 178 valence electrons. The molecule has 1 fully saturated rings. The second kappa shape index (κ2) is 9.24. The monoisotopic (exact) mass is 504 g/mol. The number of ether oxygens (including phenoxy) is 1. The number of pyridine rings is 1. The minimum absolute atomic E-state index is 0.106. The number of anilines is 1. The lowest BCUT2D eigenvalue weighted by atomic mass is 9.96. The van der Waals surface area contributed by atoms with Crippen molar-refractivity contribution in [1.82, 2.24) is 14.9 Å². The number of methoxy groups -OCH3 is 1. The van der Waals surface area contributed by atoms with Gasteiger partial charge in [0.25, 0.3) is 0 Å². The van der Waals surface area contributed by atoms with Crippen molar-refractivity contribution in [2.24, 2.45) is 0 Å². The summed E-state index contributed by atoms with van der Waals surface area (Å²) in [5.41, 5.74) is 5.66. The maximum atomic E-state index is 10.8. The van der Waals surface area contributed by atoms with E-state index in [1.807, 2.05) is 47.4 Å². The van der Waals surface area contributed by atoms with Crippen molar-refractivity contribution in [2.75, 3.05) is 12.0 Å². The number of aryl methyl sites for hydroxylation is 1. The summed E-state index contributed by atoms with van der Waals surface area (Å²) in [5, 5.41) is 15.2. The number of thiocarbonyl (C=S) groups is 1. The van der Waals surface area contributed by atoms with Gasteiger partial charge in [-0.15, -0.1) is 0 Å². The summed E-state index contributed by atoms with van der Waals surface area (Å²) in [4.78, 5) is 6.56.